The van der Waals surface area contributed by atoms with Crippen molar-refractivity contribution >= 4 is 34.5 Å². The van der Waals surface area contributed by atoms with Crippen LogP contribution < -0.4 is 10.3 Å². The van der Waals surface area contributed by atoms with Crippen LogP contribution >= 0.6 is 0 Å². The third-order valence-corrected chi connectivity index (χ3v) is 4.84. The number of hydrazone groups is 1. The van der Waals surface area contributed by atoms with Crippen molar-refractivity contribution in [2.45, 2.75) is 6.42 Å². The summed E-state index contributed by atoms with van der Waals surface area (Å²) in [6, 6.07) is 19.5. The quantitative estimate of drug-likeness (QED) is 0.561. The van der Waals surface area contributed by atoms with Crippen LogP contribution in [0.25, 0.3) is 10.8 Å². The van der Waals surface area contributed by atoms with Crippen LogP contribution in [0.2, 0.25) is 0 Å². The zero-order chi connectivity index (χ0) is 19.5. The molecule has 1 atom stereocenters. The summed E-state index contributed by atoms with van der Waals surface area (Å²) in [5.41, 5.74) is 4.01. The van der Waals surface area contributed by atoms with Gasteiger partial charge in [-0.3, -0.25) is 9.59 Å². The summed E-state index contributed by atoms with van der Waals surface area (Å²) in [6.45, 7) is 0.250. The lowest BCUT2D eigenvalue weighted by atomic mass is 10.1. The number of benzene rings is 3. The molecule has 1 fully saturated rings. The highest BCUT2D eigenvalue weighted by Gasteiger charge is 2.35. The molecule has 6 heteroatoms. The molecule has 0 bridgehead atoms. The van der Waals surface area contributed by atoms with Gasteiger partial charge in [-0.15, -0.1) is 0 Å². The van der Waals surface area contributed by atoms with Gasteiger partial charge in [0.2, 0.25) is 11.8 Å². The van der Waals surface area contributed by atoms with Gasteiger partial charge in [0.1, 0.15) is 5.82 Å². The van der Waals surface area contributed by atoms with Crippen LogP contribution in [0.4, 0.5) is 10.1 Å². The molecule has 1 aliphatic heterocycles. The average Bonchev–Trinajstić information content (AvgIpc) is 3.10. The van der Waals surface area contributed by atoms with Gasteiger partial charge in [-0.2, -0.15) is 5.10 Å². The van der Waals surface area contributed by atoms with Gasteiger partial charge < -0.3 is 4.90 Å². The van der Waals surface area contributed by atoms with Gasteiger partial charge in [-0.05, 0) is 35.0 Å². The number of nitrogens with zero attached hydrogens (tertiary/aromatic N) is 2. The fourth-order valence-corrected chi connectivity index (χ4v) is 3.37. The number of rotatable bonds is 4. The zero-order valence-corrected chi connectivity index (χ0v) is 15.0. The number of hydrogen-bond acceptors (Lipinski definition) is 3. The van der Waals surface area contributed by atoms with Crippen LogP contribution in [0.1, 0.15) is 12.0 Å². The first kappa shape index (κ1) is 17.9. The van der Waals surface area contributed by atoms with E-state index in [0.717, 1.165) is 16.3 Å². The summed E-state index contributed by atoms with van der Waals surface area (Å²) in [6.07, 6.45) is 1.71. The Kier molecular flexibility index (Phi) is 4.85. The summed E-state index contributed by atoms with van der Waals surface area (Å²) < 4.78 is 13.1. The smallest absolute Gasteiger partial charge is 0.245 e. The number of carbonyl (C=O) groups excluding carboxylic acids is 2. The van der Waals surface area contributed by atoms with Gasteiger partial charge in [-0.1, -0.05) is 42.5 Å². The van der Waals surface area contributed by atoms with Crippen LogP contribution in [0.5, 0.6) is 0 Å². The molecule has 0 spiro atoms. The molecular formula is C22H18FN3O2. The van der Waals surface area contributed by atoms with Crippen molar-refractivity contribution < 1.29 is 14.0 Å². The Labute approximate surface area is 161 Å². The highest BCUT2D eigenvalue weighted by molar-refractivity contribution is 6.01. The molecule has 1 aliphatic rings. The molecule has 3 aromatic rings. The fraction of sp³-hybridized carbons (Fsp3) is 0.136. The lowest BCUT2D eigenvalue weighted by molar-refractivity contribution is -0.126. The minimum Gasteiger partial charge on any atom is -0.312 e. The van der Waals surface area contributed by atoms with Crippen LogP contribution in [-0.2, 0) is 9.59 Å². The molecule has 0 saturated carbocycles. The molecule has 0 aromatic heterocycles. The number of amides is 2. The Bertz CT molecular complexity index is 1060. The largest absolute Gasteiger partial charge is 0.312 e. The molecule has 2 amide bonds. The molecule has 5 nitrogen and oxygen atoms in total. The maximum absolute atomic E-state index is 13.1. The van der Waals surface area contributed by atoms with E-state index in [4.69, 9.17) is 0 Å². The Morgan fingerprint density at radius 1 is 1.07 bits per heavy atom. The van der Waals surface area contributed by atoms with Crippen molar-refractivity contribution in [3.63, 3.8) is 0 Å². The van der Waals surface area contributed by atoms with E-state index in [0.29, 0.717) is 5.69 Å². The number of anilines is 1. The van der Waals surface area contributed by atoms with Crippen LogP contribution in [0.3, 0.4) is 0 Å². The lowest BCUT2D eigenvalue weighted by Gasteiger charge is -2.16. The SMILES string of the molecule is O=C(NN=Cc1cccc2ccccc12)[C@@H]1CC(=O)N(c2ccc(F)cc2)C1. The van der Waals surface area contributed by atoms with Crippen molar-refractivity contribution in [2.75, 3.05) is 11.4 Å². The summed E-state index contributed by atoms with van der Waals surface area (Å²) in [5.74, 6) is -1.34. The molecular weight excluding hydrogens is 357 g/mol. The monoisotopic (exact) mass is 375 g/mol. The molecule has 1 saturated heterocycles. The van der Waals surface area contributed by atoms with E-state index in [1.54, 1.807) is 6.21 Å². The first-order valence-electron chi connectivity index (χ1n) is 8.98. The third kappa shape index (κ3) is 3.62. The number of carbonyl (C=O) groups is 2. The van der Waals surface area contributed by atoms with Crippen molar-refractivity contribution in [2.24, 2.45) is 11.0 Å². The van der Waals surface area contributed by atoms with Crippen molar-refractivity contribution in [1.82, 2.24) is 5.43 Å². The summed E-state index contributed by atoms with van der Waals surface area (Å²) in [4.78, 5) is 26.1. The topological polar surface area (TPSA) is 61.8 Å². The molecule has 1 N–H and O–H groups in total. The highest BCUT2D eigenvalue weighted by atomic mass is 19.1. The van der Waals surface area contributed by atoms with E-state index in [2.05, 4.69) is 10.5 Å². The third-order valence-electron chi connectivity index (χ3n) is 4.84. The van der Waals surface area contributed by atoms with Gasteiger partial charge >= 0.3 is 0 Å². The van der Waals surface area contributed by atoms with Gasteiger partial charge in [-0.25, -0.2) is 9.82 Å². The molecule has 28 heavy (non-hydrogen) atoms. The average molecular weight is 375 g/mol. The summed E-state index contributed by atoms with van der Waals surface area (Å²) >= 11 is 0. The van der Waals surface area contributed by atoms with E-state index < -0.39 is 5.92 Å². The minimum atomic E-state index is -0.498. The molecule has 140 valence electrons. The number of nitrogens with one attached hydrogen (secondary N) is 1. The Balaban J connectivity index is 1.42. The van der Waals surface area contributed by atoms with Crippen LogP contribution in [-0.4, -0.2) is 24.6 Å². The van der Waals surface area contributed by atoms with Gasteiger partial charge in [0.15, 0.2) is 0 Å². The van der Waals surface area contributed by atoms with E-state index >= 15 is 0 Å². The molecule has 1 heterocycles. The zero-order valence-electron chi connectivity index (χ0n) is 15.0. The van der Waals surface area contributed by atoms with Crippen molar-refractivity contribution in [1.29, 1.82) is 0 Å². The molecule has 3 aromatic carbocycles. The second-order valence-corrected chi connectivity index (χ2v) is 6.68. The number of fused-ring (bicyclic) bond motifs is 1. The Morgan fingerprint density at radius 3 is 2.64 bits per heavy atom. The standard InChI is InChI=1S/C22H18FN3O2/c23-18-8-10-19(11-9-18)26-14-17(12-21(26)27)22(28)25-24-13-16-6-3-5-15-4-1-2-7-20(15)16/h1-11,13,17H,12,14H2,(H,25,28)/t17-/m1/s1. The first-order valence-corrected chi connectivity index (χ1v) is 8.98. The summed E-state index contributed by atoms with van der Waals surface area (Å²) in [5, 5.41) is 6.20. The van der Waals surface area contributed by atoms with Crippen molar-refractivity contribution in [3.05, 3.63) is 78.1 Å². The summed E-state index contributed by atoms with van der Waals surface area (Å²) in [7, 11) is 0. The molecule has 0 aliphatic carbocycles. The predicted molar refractivity (Wildman–Crippen MR) is 107 cm³/mol. The first-order chi connectivity index (χ1) is 13.6. The van der Waals surface area contributed by atoms with E-state index in [1.807, 2.05) is 42.5 Å². The maximum atomic E-state index is 13.1. The lowest BCUT2D eigenvalue weighted by Crippen LogP contribution is -2.30. The maximum Gasteiger partial charge on any atom is 0.245 e. The van der Waals surface area contributed by atoms with Gasteiger partial charge in [0.05, 0.1) is 12.1 Å². The van der Waals surface area contributed by atoms with Crippen molar-refractivity contribution in [3.8, 4) is 0 Å². The Hall–Kier alpha value is -3.54. The highest BCUT2D eigenvalue weighted by Crippen LogP contribution is 2.25. The molecule has 0 radical (unpaired) electrons. The normalized spacial score (nSPS) is 16.8. The van der Waals surface area contributed by atoms with Gasteiger partial charge in [0.25, 0.3) is 0 Å². The number of halogens is 1. The van der Waals surface area contributed by atoms with E-state index in [9.17, 15) is 14.0 Å². The minimum absolute atomic E-state index is 0.104. The molecule has 0 unspecified atom stereocenters. The Morgan fingerprint density at radius 2 is 1.82 bits per heavy atom. The van der Waals surface area contributed by atoms with E-state index in [1.165, 1.54) is 29.2 Å². The van der Waals surface area contributed by atoms with E-state index in [-0.39, 0.29) is 30.6 Å². The second-order valence-electron chi connectivity index (χ2n) is 6.68. The predicted octanol–water partition coefficient (Wildman–Crippen LogP) is 3.48. The fourth-order valence-electron chi connectivity index (χ4n) is 3.37. The second kappa shape index (κ2) is 7.60. The van der Waals surface area contributed by atoms with Crippen LogP contribution in [0, 0.1) is 11.7 Å². The number of hydrogen-bond donors (Lipinski definition) is 1. The molecule has 4 rings (SSSR count). The van der Waals surface area contributed by atoms with Crippen LogP contribution in [0.15, 0.2) is 71.8 Å². The van der Waals surface area contributed by atoms with Gasteiger partial charge in [0, 0.05) is 24.2 Å².